The number of aryl methyl sites for hydroxylation is 1. The molecule has 0 radical (unpaired) electrons. The van der Waals surface area contributed by atoms with Gasteiger partial charge in [0.25, 0.3) is 0 Å². The van der Waals surface area contributed by atoms with Gasteiger partial charge in [-0.15, -0.1) is 0 Å². The van der Waals surface area contributed by atoms with Crippen molar-refractivity contribution in [3.63, 3.8) is 0 Å². The molecule has 0 aromatic heterocycles. The van der Waals surface area contributed by atoms with Gasteiger partial charge in [-0.05, 0) is 36.2 Å². The van der Waals surface area contributed by atoms with E-state index in [4.69, 9.17) is 4.74 Å². The van der Waals surface area contributed by atoms with Gasteiger partial charge in [-0.3, -0.25) is 4.90 Å². The molecular formula is C18H19NO4. The Kier molecular flexibility index (Phi) is 5.36. The highest BCUT2D eigenvalue weighted by molar-refractivity contribution is 5.92. The maximum Gasteiger partial charge on any atom is 0.414 e. The van der Waals surface area contributed by atoms with Crippen molar-refractivity contribution in [2.45, 2.75) is 13.5 Å². The minimum atomic E-state index is -0.456. The third kappa shape index (κ3) is 4.10. The Morgan fingerprint density at radius 1 is 1.09 bits per heavy atom. The number of hydrogen-bond donors (Lipinski definition) is 0. The summed E-state index contributed by atoms with van der Waals surface area (Å²) in [6.07, 6.45) is -0.456. The van der Waals surface area contributed by atoms with Gasteiger partial charge in [0, 0.05) is 12.7 Å². The zero-order valence-electron chi connectivity index (χ0n) is 13.4. The van der Waals surface area contributed by atoms with Crippen LogP contribution in [0.1, 0.15) is 21.5 Å². The molecule has 120 valence electrons. The topological polar surface area (TPSA) is 55.8 Å². The second kappa shape index (κ2) is 7.45. The van der Waals surface area contributed by atoms with E-state index in [1.807, 2.05) is 37.3 Å². The van der Waals surface area contributed by atoms with Crippen molar-refractivity contribution in [1.82, 2.24) is 0 Å². The number of nitrogens with zero attached hydrogens (tertiary/aromatic N) is 1. The summed E-state index contributed by atoms with van der Waals surface area (Å²) in [5.41, 5.74) is 2.83. The van der Waals surface area contributed by atoms with Crippen LogP contribution in [0.25, 0.3) is 0 Å². The molecule has 0 aliphatic rings. The van der Waals surface area contributed by atoms with Gasteiger partial charge < -0.3 is 9.47 Å². The second-order valence-corrected chi connectivity index (χ2v) is 5.09. The summed E-state index contributed by atoms with van der Waals surface area (Å²) in [7, 11) is 2.96. The molecule has 2 aromatic rings. The van der Waals surface area contributed by atoms with Crippen molar-refractivity contribution in [1.29, 1.82) is 0 Å². The number of esters is 1. The summed E-state index contributed by atoms with van der Waals surface area (Å²) in [6.45, 7) is 2.03. The average Bonchev–Trinajstić information content (AvgIpc) is 2.59. The Bertz CT molecular complexity index is 697. The van der Waals surface area contributed by atoms with E-state index < -0.39 is 12.1 Å². The van der Waals surface area contributed by atoms with Crippen LogP contribution >= 0.6 is 0 Å². The lowest BCUT2D eigenvalue weighted by molar-refractivity contribution is 0.0600. The fraction of sp³-hybridized carbons (Fsp3) is 0.222. The highest BCUT2D eigenvalue weighted by atomic mass is 16.6. The van der Waals surface area contributed by atoms with Crippen molar-refractivity contribution in [3.8, 4) is 0 Å². The Hall–Kier alpha value is -2.82. The van der Waals surface area contributed by atoms with Gasteiger partial charge in [-0.1, -0.05) is 30.3 Å². The maximum absolute atomic E-state index is 12.2. The highest BCUT2D eigenvalue weighted by Crippen LogP contribution is 2.21. The Labute approximate surface area is 135 Å². The summed E-state index contributed by atoms with van der Waals surface area (Å²) in [5.74, 6) is -0.408. The van der Waals surface area contributed by atoms with E-state index in [1.165, 1.54) is 12.0 Å². The van der Waals surface area contributed by atoms with Crippen LogP contribution in [0, 0.1) is 6.92 Å². The number of methoxy groups -OCH3 is 1. The van der Waals surface area contributed by atoms with Crippen LogP contribution in [0.4, 0.5) is 10.5 Å². The second-order valence-electron chi connectivity index (χ2n) is 5.09. The zero-order chi connectivity index (χ0) is 16.8. The van der Waals surface area contributed by atoms with Crippen LogP contribution in [-0.2, 0) is 16.1 Å². The molecule has 0 unspecified atom stereocenters. The lowest BCUT2D eigenvalue weighted by Crippen LogP contribution is -2.27. The SMILES string of the molecule is COC(=O)c1ccc(N(C)C(=O)OCc2ccccc2)c(C)c1. The number of amides is 1. The molecule has 0 spiro atoms. The number of carbonyl (C=O) groups excluding carboxylic acids is 2. The molecule has 0 saturated heterocycles. The molecule has 2 aromatic carbocycles. The van der Waals surface area contributed by atoms with Gasteiger partial charge in [0.1, 0.15) is 6.61 Å². The fourth-order valence-electron chi connectivity index (χ4n) is 2.19. The predicted octanol–water partition coefficient (Wildman–Crippen LogP) is 3.55. The average molecular weight is 313 g/mol. The van der Waals surface area contributed by atoms with Crippen molar-refractivity contribution < 1.29 is 19.1 Å². The van der Waals surface area contributed by atoms with E-state index >= 15 is 0 Å². The molecule has 0 heterocycles. The molecule has 5 heteroatoms. The first kappa shape index (κ1) is 16.5. The maximum atomic E-state index is 12.2. The summed E-state index contributed by atoms with van der Waals surface area (Å²) in [5, 5.41) is 0. The molecule has 5 nitrogen and oxygen atoms in total. The van der Waals surface area contributed by atoms with Gasteiger partial charge in [-0.2, -0.15) is 0 Å². The monoisotopic (exact) mass is 313 g/mol. The number of rotatable bonds is 4. The fourth-order valence-corrected chi connectivity index (χ4v) is 2.19. The number of ether oxygens (including phenoxy) is 2. The molecule has 2 rings (SSSR count). The molecule has 0 fully saturated rings. The third-order valence-electron chi connectivity index (χ3n) is 3.46. The minimum Gasteiger partial charge on any atom is -0.465 e. The van der Waals surface area contributed by atoms with E-state index in [0.29, 0.717) is 11.3 Å². The van der Waals surface area contributed by atoms with E-state index in [-0.39, 0.29) is 6.61 Å². The largest absolute Gasteiger partial charge is 0.465 e. The van der Waals surface area contributed by atoms with E-state index in [0.717, 1.165) is 11.1 Å². The number of carbonyl (C=O) groups is 2. The minimum absolute atomic E-state index is 0.212. The number of anilines is 1. The number of benzene rings is 2. The molecule has 0 bridgehead atoms. The van der Waals surface area contributed by atoms with Crippen LogP contribution in [0.5, 0.6) is 0 Å². The molecular weight excluding hydrogens is 294 g/mol. The molecule has 0 N–H and O–H groups in total. The summed E-state index contributed by atoms with van der Waals surface area (Å²) in [4.78, 5) is 25.1. The zero-order valence-corrected chi connectivity index (χ0v) is 13.4. The van der Waals surface area contributed by atoms with Crippen molar-refractivity contribution >= 4 is 17.7 Å². The van der Waals surface area contributed by atoms with Crippen molar-refractivity contribution in [3.05, 3.63) is 65.2 Å². The first-order chi connectivity index (χ1) is 11.0. The van der Waals surface area contributed by atoms with Crippen molar-refractivity contribution in [2.75, 3.05) is 19.1 Å². The molecule has 23 heavy (non-hydrogen) atoms. The van der Waals surface area contributed by atoms with Gasteiger partial charge >= 0.3 is 12.1 Å². The Balaban J connectivity index is 2.05. The van der Waals surface area contributed by atoms with Crippen LogP contribution in [0.3, 0.4) is 0 Å². The molecule has 0 saturated carbocycles. The molecule has 0 atom stereocenters. The van der Waals surface area contributed by atoms with Crippen LogP contribution in [0.15, 0.2) is 48.5 Å². The van der Waals surface area contributed by atoms with E-state index in [2.05, 4.69) is 4.74 Å². The first-order valence-corrected chi connectivity index (χ1v) is 7.16. The summed E-state index contributed by atoms with van der Waals surface area (Å²) < 4.78 is 9.98. The quantitative estimate of drug-likeness (QED) is 0.810. The van der Waals surface area contributed by atoms with E-state index in [9.17, 15) is 9.59 Å². The summed E-state index contributed by atoms with van der Waals surface area (Å²) in [6, 6.07) is 14.5. The van der Waals surface area contributed by atoms with E-state index in [1.54, 1.807) is 25.2 Å². The lowest BCUT2D eigenvalue weighted by Gasteiger charge is -2.19. The Morgan fingerprint density at radius 2 is 1.78 bits per heavy atom. The smallest absolute Gasteiger partial charge is 0.414 e. The van der Waals surface area contributed by atoms with Crippen LogP contribution in [0.2, 0.25) is 0 Å². The summed E-state index contributed by atoms with van der Waals surface area (Å²) >= 11 is 0. The van der Waals surface area contributed by atoms with Crippen molar-refractivity contribution in [2.24, 2.45) is 0 Å². The van der Waals surface area contributed by atoms with Gasteiger partial charge in [0.15, 0.2) is 0 Å². The van der Waals surface area contributed by atoms with Crippen LogP contribution in [-0.4, -0.2) is 26.2 Å². The molecule has 0 aliphatic heterocycles. The highest BCUT2D eigenvalue weighted by Gasteiger charge is 2.16. The van der Waals surface area contributed by atoms with Gasteiger partial charge in [-0.25, -0.2) is 9.59 Å². The Morgan fingerprint density at radius 3 is 2.39 bits per heavy atom. The first-order valence-electron chi connectivity index (χ1n) is 7.16. The normalized spacial score (nSPS) is 10.0. The predicted molar refractivity (Wildman–Crippen MR) is 87.5 cm³/mol. The molecule has 1 amide bonds. The van der Waals surface area contributed by atoms with Gasteiger partial charge in [0.2, 0.25) is 0 Å². The van der Waals surface area contributed by atoms with Crippen LogP contribution < -0.4 is 4.90 Å². The lowest BCUT2D eigenvalue weighted by atomic mass is 10.1. The standard InChI is InChI=1S/C18H19NO4/c1-13-11-15(17(20)22-3)9-10-16(13)19(2)18(21)23-12-14-7-5-4-6-8-14/h4-11H,12H2,1-3H3. The number of hydrogen-bond acceptors (Lipinski definition) is 4. The molecule has 0 aliphatic carbocycles. The third-order valence-corrected chi connectivity index (χ3v) is 3.46. The van der Waals surface area contributed by atoms with Gasteiger partial charge in [0.05, 0.1) is 12.7 Å².